The largest absolute Gasteiger partial charge is 0.409 e. The van der Waals surface area contributed by atoms with E-state index in [-0.39, 0.29) is 23.9 Å². The summed E-state index contributed by atoms with van der Waals surface area (Å²) in [5.74, 6) is -0.0108. The number of nitrogens with one attached hydrogen (secondary N) is 1. The van der Waals surface area contributed by atoms with Crippen molar-refractivity contribution in [2.45, 2.75) is 64.0 Å². The molecule has 1 aliphatic heterocycles. The lowest BCUT2D eigenvalue weighted by molar-refractivity contribution is -0.122. The van der Waals surface area contributed by atoms with Gasteiger partial charge < -0.3 is 21.0 Å². The average molecular weight is 271 g/mol. The third-order valence-corrected chi connectivity index (χ3v) is 3.35. The molecule has 2 unspecified atom stereocenters. The molecule has 19 heavy (non-hydrogen) atoms. The summed E-state index contributed by atoms with van der Waals surface area (Å²) >= 11 is 0. The molecule has 6 nitrogen and oxygen atoms in total. The molecule has 0 spiro atoms. The number of ether oxygens (including phenoxy) is 1. The predicted octanol–water partition coefficient (Wildman–Crippen LogP) is 1.37. The first-order valence-corrected chi connectivity index (χ1v) is 7.05. The van der Waals surface area contributed by atoms with Crippen molar-refractivity contribution in [2.75, 3.05) is 6.61 Å². The van der Waals surface area contributed by atoms with Crippen LogP contribution >= 0.6 is 0 Å². The highest BCUT2D eigenvalue weighted by Gasteiger charge is 2.18. The highest BCUT2D eigenvalue weighted by atomic mass is 16.5. The second kappa shape index (κ2) is 8.74. The normalized spacial score (nSPS) is 21.9. The van der Waals surface area contributed by atoms with E-state index >= 15 is 0 Å². The molecule has 1 heterocycles. The number of amidine groups is 1. The van der Waals surface area contributed by atoms with E-state index in [2.05, 4.69) is 10.5 Å². The molecule has 1 saturated heterocycles. The fourth-order valence-corrected chi connectivity index (χ4v) is 2.25. The fraction of sp³-hybridized carbons (Fsp3) is 0.846. The van der Waals surface area contributed by atoms with Crippen LogP contribution < -0.4 is 11.1 Å². The molecule has 1 fully saturated rings. The number of nitrogens with zero attached hydrogens (tertiary/aromatic N) is 1. The molecule has 0 aliphatic carbocycles. The van der Waals surface area contributed by atoms with Gasteiger partial charge in [-0.25, -0.2) is 0 Å². The second-order valence-corrected chi connectivity index (χ2v) is 4.96. The van der Waals surface area contributed by atoms with E-state index in [4.69, 9.17) is 15.7 Å². The first-order valence-electron chi connectivity index (χ1n) is 7.05. The maximum atomic E-state index is 11.8. The number of carbonyl (C=O) groups excluding carboxylic acids is 1. The van der Waals surface area contributed by atoms with Gasteiger partial charge in [-0.3, -0.25) is 4.79 Å². The molecule has 0 aromatic rings. The van der Waals surface area contributed by atoms with Crippen LogP contribution in [0.25, 0.3) is 0 Å². The SMILES string of the molecule is CCCC(NC(=O)CCC1CCCCO1)C(N)=NO. The van der Waals surface area contributed by atoms with E-state index in [0.717, 1.165) is 32.3 Å². The fourth-order valence-electron chi connectivity index (χ4n) is 2.25. The number of rotatable bonds is 7. The maximum absolute atomic E-state index is 11.8. The Balaban J connectivity index is 2.31. The quantitative estimate of drug-likeness (QED) is 0.282. The lowest BCUT2D eigenvalue weighted by Crippen LogP contribution is -2.44. The van der Waals surface area contributed by atoms with Crippen LogP contribution in [0.5, 0.6) is 0 Å². The summed E-state index contributed by atoms with van der Waals surface area (Å²) in [5.41, 5.74) is 5.55. The van der Waals surface area contributed by atoms with E-state index in [1.54, 1.807) is 0 Å². The first kappa shape index (κ1) is 15.8. The minimum atomic E-state index is -0.380. The Hall–Kier alpha value is -1.30. The van der Waals surface area contributed by atoms with Gasteiger partial charge in [0, 0.05) is 13.0 Å². The standard InChI is InChI=1S/C13H25N3O3/c1-2-5-11(13(14)16-18)15-12(17)8-7-10-6-3-4-9-19-10/h10-11,18H,2-9H2,1H3,(H2,14,16)(H,15,17). The molecule has 1 rings (SSSR count). The maximum Gasteiger partial charge on any atom is 0.220 e. The summed E-state index contributed by atoms with van der Waals surface area (Å²) < 4.78 is 5.58. The van der Waals surface area contributed by atoms with E-state index in [1.165, 1.54) is 6.42 Å². The Labute approximate surface area is 114 Å². The van der Waals surface area contributed by atoms with Crippen molar-refractivity contribution in [3.63, 3.8) is 0 Å². The van der Waals surface area contributed by atoms with Crippen LogP contribution in [0, 0.1) is 0 Å². The Kier molecular flexibility index (Phi) is 7.25. The smallest absolute Gasteiger partial charge is 0.220 e. The van der Waals surface area contributed by atoms with E-state index in [0.29, 0.717) is 12.8 Å². The summed E-state index contributed by atoms with van der Waals surface area (Å²) in [6, 6.07) is -0.380. The molecule has 0 aromatic heterocycles. The van der Waals surface area contributed by atoms with Gasteiger partial charge in [0.2, 0.25) is 5.91 Å². The zero-order valence-electron chi connectivity index (χ0n) is 11.6. The van der Waals surface area contributed by atoms with Crippen molar-refractivity contribution in [1.82, 2.24) is 5.32 Å². The van der Waals surface area contributed by atoms with Crippen molar-refractivity contribution in [3.05, 3.63) is 0 Å². The molecule has 1 aliphatic rings. The summed E-state index contributed by atoms with van der Waals surface area (Å²) in [6.45, 7) is 2.79. The second-order valence-electron chi connectivity index (χ2n) is 4.96. The lowest BCUT2D eigenvalue weighted by atomic mass is 10.0. The zero-order valence-corrected chi connectivity index (χ0v) is 11.6. The van der Waals surface area contributed by atoms with Gasteiger partial charge in [0.05, 0.1) is 12.1 Å². The molecule has 2 atom stereocenters. The van der Waals surface area contributed by atoms with E-state index in [1.807, 2.05) is 6.92 Å². The van der Waals surface area contributed by atoms with Gasteiger partial charge in [-0.05, 0) is 32.1 Å². The van der Waals surface area contributed by atoms with Crippen molar-refractivity contribution >= 4 is 11.7 Å². The number of hydrogen-bond acceptors (Lipinski definition) is 4. The number of hydrogen-bond donors (Lipinski definition) is 3. The molecule has 110 valence electrons. The molecule has 0 aromatic carbocycles. The van der Waals surface area contributed by atoms with Crippen LogP contribution in [0.1, 0.15) is 51.9 Å². The number of oxime groups is 1. The monoisotopic (exact) mass is 271 g/mol. The number of amides is 1. The van der Waals surface area contributed by atoms with Crippen LogP contribution in [0.4, 0.5) is 0 Å². The molecule has 0 bridgehead atoms. The van der Waals surface area contributed by atoms with Crippen LogP contribution in [0.15, 0.2) is 5.16 Å². The summed E-state index contributed by atoms with van der Waals surface area (Å²) in [6.07, 6.45) is 6.21. The number of carbonyl (C=O) groups is 1. The number of nitrogens with two attached hydrogens (primary N) is 1. The minimum Gasteiger partial charge on any atom is -0.409 e. The molecule has 4 N–H and O–H groups in total. The van der Waals surface area contributed by atoms with Crippen LogP contribution in [0.3, 0.4) is 0 Å². The van der Waals surface area contributed by atoms with Crippen molar-refractivity contribution in [1.29, 1.82) is 0 Å². The van der Waals surface area contributed by atoms with Gasteiger partial charge in [0.15, 0.2) is 5.84 Å². The van der Waals surface area contributed by atoms with E-state index < -0.39 is 0 Å². The molecule has 0 radical (unpaired) electrons. The zero-order chi connectivity index (χ0) is 14.1. The molecule has 1 amide bonds. The van der Waals surface area contributed by atoms with Crippen LogP contribution in [-0.4, -0.2) is 35.7 Å². The van der Waals surface area contributed by atoms with Crippen LogP contribution in [-0.2, 0) is 9.53 Å². The topological polar surface area (TPSA) is 96.9 Å². The van der Waals surface area contributed by atoms with Crippen molar-refractivity contribution in [3.8, 4) is 0 Å². The Morgan fingerprint density at radius 2 is 2.37 bits per heavy atom. The average Bonchev–Trinajstić information content (AvgIpc) is 2.45. The summed E-state index contributed by atoms with van der Waals surface area (Å²) in [5, 5.41) is 14.4. The van der Waals surface area contributed by atoms with Crippen molar-refractivity contribution < 1.29 is 14.7 Å². The van der Waals surface area contributed by atoms with Gasteiger partial charge in [0.1, 0.15) is 0 Å². The minimum absolute atomic E-state index is 0.0594. The van der Waals surface area contributed by atoms with Crippen LogP contribution in [0.2, 0.25) is 0 Å². The highest BCUT2D eigenvalue weighted by molar-refractivity contribution is 5.89. The Morgan fingerprint density at radius 3 is 2.95 bits per heavy atom. The van der Waals surface area contributed by atoms with Gasteiger partial charge in [-0.15, -0.1) is 0 Å². The van der Waals surface area contributed by atoms with Gasteiger partial charge in [-0.1, -0.05) is 18.5 Å². The third kappa shape index (κ3) is 5.92. The van der Waals surface area contributed by atoms with Crippen molar-refractivity contribution in [2.24, 2.45) is 10.9 Å². The first-order chi connectivity index (χ1) is 9.17. The highest BCUT2D eigenvalue weighted by Crippen LogP contribution is 2.16. The van der Waals surface area contributed by atoms with Gasteiger partial charge in [-0.2, -0.15) is 0 Å². The van der Waals surface area contributed by atoms with E-state index in [9.17, 15) is 4.79 Å². The molecule has 6 heteroatoms. The third-order valence-electron chi connectivity index (χ3n) is 3.35. The molecular weight excluding hydrogens is 246 g/mol. The summed E-state index contributed by atoms with van der Waals surface area (Å²) in [4.78, 5) is 11.8. The molecular formula is C13H25N3O3. The van der Waals surface area contributed by atoms with Gasteiger partial charge >= 0.3 is 0 Å². The lowest BCUT2D eigenvalue weighted by Gasteiger charge is -2.23. The predicted molar refractivity (Wildman–Crippen MR) is 73.1 cm³/mol. The molecule has 0 saturated carbocycles. The summed E-state index contributed by atoms with van der Waals surface area (Å²) in [7, 11) is 0. The Morgan fingerprint density at radius 1 is 1.58 bits per heavy atom. The Bertz CT molecular complexity index is 302. The van der Waals surface area contributed by atoms with Gasteiger partial charge in [0.25, 0.3) is 0 Å².